The van der Waals surface area contributed by atoms with Crippen LogP contribution < -0.4 is 5.32 Å². The van der Waals surface area contributed by atoms with E-state index >= 15 is 0 Å². The van der Waals surface area contributed by atoms with Crippen molar-refractivity contribution in [1.29, 1.82) is 0 Å². The second-order valence-electron chi connectivity index (χ2n) is 6.81. The Kier molecular flexibility index (Phi) is 4.11. The fourth-order valence-corrected chi connectivity index (χ4v) is 3.66. The van der Waals surface area contributed by atoms with Crippen LogP contribution in [-0.4, -0.2) is 40.3 Å². The first-order chi connectivity index (χ1) is 12.5. The van der Waals surface area contributed by atoms with Gasteiger partial charge in [-0.15, -0.1) is 0 Å². The predicted molar refractivity (Wildman–Crippen MR) is 97.9 cm³/mol. The predicted octanol–water partition coefficient (Wildman–Crippen LogP) is 2.93. The van der Waals surface area contributed by atoms with Gasteiger partial charge in [0.05, 0.1) is 17.3 Å². The number of aliphatic carboxylic acids is 1. The highest BCUT2D eigenvalue weighted by molar-refractivity contribution is 6.09. The van der Waals surface area contributed by atoms with E-state index in [9.17, 15) is 14.3 Å². The monoisotopic (exact) mass is 353 g/mol. The summed E-state index contributed by atoms with van der Waals surface area (Å²) in [4.78, 5) is 18.4. The number of hydrogen-bond donors (Lipinski definition) is 2. The van der Waals surface area contributed by atoms with Crippen LogP contribution in [0.4, 0.5) is 4.39 Å². The Labute approximate surface area is 151 Å². The molecule has 0 aromatic heterocycles. The Morgan fingerprint density at radius 1 is 1.31 bits per heavy atom. The van der Waals surface area contributed by atoms with E-state index in [1.165, 1.54) is 12.1 Å². The molecule has 0 spiro atoms. The summed E-state index contributed by atoms with van der Waals surface area (Å²) >= 11 is 0. The molecule has 2 aliphatic heterocycles. The second kappa shape index (κ2) is 6.44. The molecule has 134 valence electrons. The molecule has 1 fully saturated rings. The quantitative estimate of drug-likeness (QED) is 0.877. The van der Waals surface area contributed by atoms with E-state index < -0.39 is 5.97 Å². The summed E-state index contributed by atoms with van der Waals surface area (Å²) in [6.07, 6.45) is 7.17. The van der Waals surface area contributed by atoms with Crippen molar-refractivity contribution in [3.8, 4) is 0 Å². The zero-order chi connectivity index (χ0) is 18.3. The third-order valence-electron chi connectivity index (χ3n) is 5.06. The molecule has 1 aromatic carbocycles. The maximum atomic E-state index is 13.3. The van der Waals surface area contributed by atoms with Crippen molar-refractivity contribution in [2.24, 2.45) is 4.99 Å². The van der Waals surface area contributed by atoms with E-state index in [0.29, 0.717) is 6.04 Å². The van der Waals surface area contributed by atoms with Gasteiger partial charge >= 0.3 is 5.97 Å². The Balaban J connectivity index is 1.79. The molecular formula is C20H20FN3O2. The molecule has 6 heteroatoms. The van der Waals surface area contributed by atoms with Crippen molar-refractivity contribution in [1.82, 2.24) is 10.2 Å². The van der Waals surface area contributed by atoms with Crippen molar-refractivity contribution in [2.75, 3.05) is 6.54 Å². The Morgan fingerprint density at radius 3 is 2.73 bits per heavy atom. The minimum Gasteiger partial charge on any atom is -0.478 e. The van der Waals surface area contributed by atoms with E-state index in [-0.39, 0.29) is 17.4 Å². The van der Waals surface area contributed by atoms with E-state index in [1.807, 2.05) is 0 Å². The maximum Gasteiger partial charge on any atom is 0.335 e. The zero-order valence-corrected chi connectivity index (χ0v) is 14.4. The average Bonchev–Trinajstić information content (AvgIpc) is 3.06. The second-order valence-corrected chi connectivity index (χ2v) is 6.81. The summed E-state index contributed by atoms with van der Waals surface area (Å²) in [5.41, 5.74) is 2.60. The van der Waals surface area contributed by atoms with Gasteiger partial charge in [-0.2, -0.15) is 0 Å². The number of carboxylic acid groups (broad SMARTS) is 1. The Bertz CT molecular complexity index is 868. The molecule has 2 N–H and O–H groups in total. The van der Waals surface area contributed by atoms with Gasteiger partial charge in [-0.05, 0) is 62.3 Å². The van der Waals surface area contributed by atoms with Crippen molar-refractivity contribution >= 4 is 17.4 Å². The Hall–Kier alpha value is -2.89. The van der Waals surface area contributed by atoms with Crippen molar-refractivity contribution in [2.45, 2.75) is 31.8 Å². The lowest BCUT2D eigenvalue weighted by Gasteiger charge is -2.35. The summed E-state index contributed by atoms with van der Waals surface area (Å²) in [6, 6.07) is 6.40. The fraction of sp³-hybridized carbons (Fsp3) is 0.300. The molecule has 1 aliphatic carbocycles. The van der Waals surface area contributed by atoms with E-state index in [4.69, 9.17) is 4.99 Å². The average molecular weight is 353 g/mol. The molecule has 2 atom stereocenters. The van der Waals surface area contributed by atoms with Crippen LogP contribution in [0.25, 0.3) is 5.70 Å². The van der Waals surface area contributed by atoms with Gasteiger partial charge in [-0.25, -0.2) is 14.2 Å². The number of nitrogens with one attached hydrogen (secondary N) is 1. The van der Waals surface area contributed by atoms with Gasteiger partial charge in [0, 0.05) is 18.2 Å². The molecule has 5 nitrogen and oxygen atoms in total. The third-order valence-corrected chi connectivity index (χ3v) is 5.06. The van der Waals surface area contributed by atoms with Gasteiger partial charge in [0.2, 0.25) is 0 Å². The number of halogens is 1. The van der Waals surface area contributed by atoms with Crippen LogP contribution in [0.5, 0.6) is 0 Å². The molecule has 3 aliphatic rings. The Morgan fingerprint density at radius 2 is 2.08 bits per heavy atom. The normalized spacial score (nSPS) is 24.8. The smallest absolute Gasteiger partial charge is 0.335 e. The largest absolute Gasteiger partial charge is 0.478 e. The van der Waals surface area contributed by atoms with Crippen LogP contribution in [0.15, 0.2) is 58.9 Å². The number of nitrogens with zero attached hydrogens (tertiary/aromatic N) is 2. The lowest BCUT2D eigenvalue weighted by molar-refractivity contribution is -0.132. The molecule has 26 heavy (non-hydrogen) atoms. The molecule has 0 bridgehead atoms. The van der Waals surface area contributed by atoms with Crippen molar-refractivity contribution in [3.63, 3.8) is 0 Å². The van der Waals surface area contributed by atoms with Crippen LogP contribution in [0, 0.1) is 5.82 Å². The third kappa shape index (κ3) is 2.92. The van der Waals surface area contributed by atoms with Crippen LogP contribution in [-0.2, 0) is 4.79 Å². The van der Waals surface area contributed by atoms with Gasteiger partial charge < -0.3 is 15.3 Å². The number of carbonyl (C=O) groups is 1. The number of benzene rings is 1. The number of carboxylic acids is 1. The first-order valence-corrected chi connectivity index (χ1v) is 8.78. The molecule has 1 aromatic rings. The maximum absolute atomic E-state index is 13.3. The lowest BCUT2D eigenvalue weighted by atomic mass is 9.98. The summed E-state index contributed by atoms with van der Waals surface area (Å²) in [5, 5.41) is 12.7. The number of rotatable bonds is 3. The summed E-state index contributed by atoms with van der Waals surface area (Å²) in [5.74, 6) is -0.357. The molecule has 1 unspecified atom stereocenters. The summed E-state index contributed by atoms with van der Waals surface area (Å²) in [6.45, 7) is 3.08. The van der Waals surface area contributed by atoms with E-state index in [0.717, 1.165) is 42.2 Å². The summed E-state index contributed by atoms with van der Waals surface area (Å²) < 4.78 is 13.3. The van der Waals surface area contributed by atoms with Crippen LogP contribution in [0.3, 0.4) is 0 Å². The van der Waals surface area contributed by atoms with Crippen LogP contribution in [0.1, 0.15) is 25.3 Å². The highest BCUT2D eigenvalue weighted by atomic mass is 19.1. The van der Waals surface area contributed by atoms with E-state index in [2.05, 4.69) is 17.1 Å². The number of aliphatic imine (C=N–C) groups is 1. The molecule has 2 heterocycles. The van der Waals surface area contributed by atoms with Crippen LogP contribution >= 0.6 is 0 Å². The first-order valence-electron chi connectivity index (χ1n) is 8.78. The molecule has 0 amide bonds. The highest BCUT2D eigenvalue weighted by Crippen LogP contribution is 2.31. The fourth-order valence-electron chi connectivity index (χ4n) is 3.66. The van der Waals surface area contributed by atoms with Gasteiger partial charge in [-0.1, -0.05) is 0 Å². The molecule has 1 saturated heterocycles. The lowest BCUT2D eigenvalue weighted by Crippen LogP contribution is -2.45. The van der Waals surface area contributed by atoms with Gasteiger partial charge in [0.25, 0.3) is 0 Å². The summed E-state index contributed by atoms with van der Waals surface area (Å²) in [7, 11) is 0. The minimum atomic E-state index is -0.952. The highest BCUT2D eigenvalue weighted by Gasteiger charge is 2.32. The topological polar surface area (TPSA) is 64.9 Å². The number of hydrogen-bond acceptors (Lipinski definition) is 4. The van der Waals surface area contributed by atoms with Gasteiger partial charge in [-0.3, -0.25) is 0 Å². The minimum absolute atomic E-state index is 0.250. The molecule has 0 radical (unpaired) electrons. The molecule has 0 saturated carbocycles. The van der Waals surface area contributed by atoms with Gasteiger partial charge in [0.15, 0.2) is 0 Å². The van der Waals surface area contributed by atoms with Crippen molar-refractivity contribution < 1.29 is 14.3 Å². The number of likely N-dealkylation sites (tertiary alicyclic amines) is 1. The van der Waals surface area contributed by atoms with Crippen LogP contribution in [0.2, 0.25) is 0 Å². The zero-order valence-electron chi connectivity index (χ0n) is 14.4. The standard InChI is InChI=1S/C20H20FN3O2/c1-12-3-2-10-24(12)19-18(13-4-7-15(21)8-5-13)22-16-9-6-14(20(25)26)11-17(16)23-19/h4-9,11-12,17,23H,2-3,10H2,1H3,(H,25,26)/t12-,17?/m1/s1. The molecule has 4 rings (SSSR count). The van der Waals surface area contributed by atoms with Gasteiger partial charge in [0.1, 0.15) is 17.3 Å². The number of fused-ring (bicyclic) bond motifs is 1. The first kappa shape index (κ1) is 16.6. The van der Waals surface area contributed by atoms with Crippen molar-refractivity contribution in [3.05, 3.63) is 65.3 Å². The SMILES string of the molecule is C[C@@H]1CCCN1C1=C(c2ccc(F)cc2)N=C2C=CC(C(=O)O)=CC2N1. The van der Waals surface area contributed by atoms with E-state index in [1.54, 1.807) is 30.4 Å². The molecular weight excluding hydrogens is 333 g/mol.